The highest BCUT2D eigenvalue weighted by molar-refractivity contribution is 6.07. The Bertz CT molecular complexity index is 1700. The van der Waals surface area contributed by atoms with Gasteiger partial charge in [0.2, 0.25) is 5.91 Å². The van der Waals surface area contributed by atoms with Crippen LogP contribution in [0.1, 0.15) is 59.3 Å². The highest BCUT2D eigenvalue weighted by Crippen LogP contribution is 2.33. The minimum atomic E-state index is -1.40. The number of nitrogens with zero attached hydrogens (tertiary/aromatic N) is 2. The molecule has 230 valence electrons. The number of hydrogen-bond acceptors (Lipinski definition) is 5. The Morgan fingerprint density at radius 1 is 0.977 bits per heavy atom. The molecule has 0 unspecified atom stereocenters. The number of aliphatic carboxylic acids is 1. The molecule has 0 saturated heterocycles. The summed E-state index contributed by atoms with van der Waals surface area (Å²) in [6.07, 6.45) is 1.67. The van der Waals surface area contributed by atoms with Crippen molar-refractivity contribution in [1.82, 2.24) is 15.6 Å². The number of pyridine rings is 1. The Morgan fingerprint density at radius 3 is 2.30 bits per heavy atom. The molecule has 0 spiro atoms. The van der Waals surface area contributed by atoms with E-state index in [1.54, 1.807) is 18.3 Å². The number of nitrogens with one attached hydrogen (secondary N) is 2. The first-order valence-electron chi connectivity index (χ1n) is 14.4. The number of aryl methyl sites for hydroxylation is 2. The molecule has 4 aromatic rings. The number of halogens is 2. The lowest BCUT2D eigenvalue weighted by Crippen LogP contribution is -2.48. The van der Waals surface area contributed by atoms with Gasteiger partial charge >= 0.3 is 5.97 Å². The molecular weight excluding hydrogens is 566 g/mol. The van der Waals surface area contributed by atoms with Gasteiger partial charge in [-0.25, -0.2) is 8.78 Å². The van der Waals surface area contributed by atoms with Crippen LogP contribution in [0.15, 0.2) is 60.8 Å². The summed E-state index contributed by atoms with van der Waals surface area (Å²) in [5.74, 6) is -4.99. The summed E-state index contributed by atoms with van der Waals surface area (Å²) in [5.41, 5.74) is 3.97. The molecule has 2 atom stereocenters. The molecule has 3 aromatic carbocycles. The summed E-state index contributed by atoms with van der Waals surface area (Å²) in [6, 6.07) is 12.5. The van der Waals surface area contributed by atoms with Gasteiger partial charge in [0.05, 0.1) is 35.4 Å². The third-order valence-corrected chi connectivity index (χ3v) is 7.55. The Hall–Kier alpha value is -4.86. The van der Waals surface area contributed by atoms with Crippen LogP contribution in [0.25, 0.3) is 22.0 Å². The fourth-order valence-electron chi connectivity index (χ4n) is 5.33. The molecule has 0 aliphatic rings. The Kier molecular flexibility index (Phi) is 9.93. The van der Waals surface area contributed by atoms with Gasteiger partial charge in [0, 0.05) is 25.0 Å². The summed E-state index contributed by atoms with van der Waals surface area (Å²) in [5, 5.41) is 15.7. The van der Waals surface area contributed by atoms with Gasteiger partial charge in [0.15, 0.2) is 11.6 Å². The first kappa shape index (κ1) is 32.1. The summed E-state index contributed by atoms with van der Waals surface area (Å²) in [6.45, 7) is 5.50. The second-order valence-corrected chi connectivity index (χ2v) is 11.1. The van der Waals surface area contributed by atoms with Gasteiger partial charge in [-0.15, -0.1) is 0 Å². The molecule has 3 N–H and O–H groups in total. The average Bonchev–Trinajstić information content (AvgIpc) is 2.97. The quantitative estimate of drug-likeness (QED) is 0.192. The van der Waals surface area contributed by atoms with Crippen molar-refractivity contribution in [3.63, 3.8) is 0 Å². The molecule has 0 bridgehead atoms. The number of para-hydroxylation sites is 1. The van der Waals surface area contributed by atoms with Crippen molar-refractivity contribution in [3.8, 4) is 11.1 Å². The van der Waals surface area contributed by atoms with Crippen LogP contribution in [0.4, 0.5) is 14.5 Å². The first-order chi connectivity index (χ1) is 20.9. The minimum Gasteiger partial charge on any atom is -0.481 e. The normalized spacial score (nSPS) is 12.4. The van der Waals surface area contributed by atoms with E-state index in [-0.39, 0.29) is 17.5 Å². The van der Waals surface area contributed by atoms with Crippen LogP contribution in [0.2, 0.25) is 0 Å². The first-order valence-corrected chi connectivity index (χ1v) is 14.4. The SMILES string of the molecule is CCC[C@H](NC(=O)c1cccc2cc(N(C)C)cnc12)C(=O)N[C@@H](CC(=O)O)c1cc(-c2c(C)cccc2C)cc(F)c1F. The zero-order valence-corrected chi connectivity index (χ0v) is 25.4. The van der Waals surface area contributed by atoms with Crippen molar-refractivity contribution in [2.75, 3.05) is 19.0 Å². The molecule has 1 aromatic heterocycles. The number of carbonyl (C=O) groups is 3. The third-order valence-electron chi connectivity index (χ3n) is 7.55. The van der Waals surface area contributed by atoms with Crippen LogP contribution >= 0.6 is 0 Å². The molecule has 1 heterocycles. The predicted molar refractivity (Wildman–Crippen MR) is 167 cm³/mol. The van der Waals surface area contributed by atoms with Crippen molar-refractivity contribution < 1.29 is 28.3 Å². The average molecular weight is 603 g/mol. The maximum Gasteiger partial charge on any atom is 0.305 e. The molecule has 44 heavy (non-hydrogen) atoms. The smallest absolute Gasteiger partial charge is 0.305 e. The van der Waals surface area contributed by atoms with Gasteiger partial charge in [-0.1, -0.05) is 43.7 Å². The summed E-state index contributed by atoms with van der Waals surface area (Å²) >= 11 is 0. The van der Waals surface area contributed by atoms with E-state index in [2.05, 4.69) is 15.6 Å². The second kappa shape index (κ2) is 13.6. The fraction of sp³-hybridized carbons (Fsp3) is 0.294. The van der Waals surface area contributed by atoms with E-state index in [9.17, 15) is 23.9 Å². The molecule has 0 saturated carbocycles. The highest BCUT2D eigenvalue weighted by Gasteiger charge is 2.29. The van der Waals surface area contributed by atoms with Crippen molar-refractivity contribution >= 4 is 34.4 Å². The molecule has 8 nitrogen and oxygen atoms in total. The van der Waals surface area contributed by atoms with E-state index in [1.807, 2.05) is 70.1 Å². The van der Waals surface area contributed by atoms with E-state index >= 15 is 4.39 Å². The number of carboxylic acids is 1. The molecule has 2 amide bonds. The number of carbonyl (C=O) groups excluding carboxylic acids is 2. The zero-order valence-electron chi connectivity index (χ0n) is 25.4. The maximum absolute atomic E-state index is 15.3. The Labute approximate surface area is 255 Å². The van der Waals surface area contributed by atoms with Gasteiger partial charge in [0.1, 0.15) is 6.04 Å². The molecule has 0 fully saturated rings. The number of benzene rings is 3. The second-order valence-electron chi connectivity index (χ2n) is 11.1. The topological polar surface area (TPSA) is 112 Å². The number of carboxylic acid groups (broad SMARTS) is 1. The van der Waals surface area contributed by atoms with E-state index in [1.165, 1.54) is 6.07 Å². The zero-order chi connectivity index (χ0) is 32.1. The number of anilines is 1. The van der Waals surface area contributed by atoms with Crippen LogP contribution < -0.4 is 15.5 Å². The number of rotatable bonds is 11. The summed E-state index contributed by atoms with van der Waals surface area (Å²) in [4.78, 5) is 45.1. The van der Waals surface area contributed by atoms with Crippen molar-refractivity contribution in [1.29, 1.82) is 0 Å². The Balaban J connectivity index is 1.65. The summed E-state index contributed by atoms with van der Waals surface area (Å²) < 4.78 is 30.2. The lowest BCUT2D eigenvalue weighted by Gasteiger charge is -2.24. The molecule has 0 radical (unpaired) electrons. The van der Waals surface area contributed by atoms with Crippen LogP contribution in [0, 0.1) is 25.5 Å². The van der Waals surface area contributed by atoms with Crippen LogP contribution in [-0.4, -0.2) is 48.0 Å². The van der Waals surface area contributed by atoms with Gasteiger partial charge in [0.25, 0.3) is 5.91 Å². The predicted octanol–water partition coefficient (Wildman–Crippen LogP) is 6.09. The minimum absolute atomic E-state index is 0.222. The van der Waals surface area contributed by atoms with Gasteiger partial charge in [-0.05, 0) is 66.8 Å². The van der Waals surface area contributed by atoms with Crippen molar-refractivity contribution in [2.24, 2.45) is 0 Å². The summed E-state index contributed by atoms with van der Waals surface area (Å²) in [7, 11) is 3.76. The molecular formula is C34H36F2N4O4. The highest BCUT2D eigenvalue weighted by atomic mass is 19.2. The van der Waals surface area contributed by atoms with Crippen molar-refractivity contribution in [3.05, 3.63) is 94.7 Å². The monoisotopic (exact) mass is 602 g/mol. The van der Waals surface area contributed by atoms with E-state index in [0.717, 1.165) is 28.3 Å². The molecule has 0 aliphatic heterocycles. The van der Waals surface area contributed by atoms with E-state index in [4.69, 9.17) is 0 Å². The molecule has 0 aliphatic carbocycles. The van der Waals surface area contributed by atoms with Crippen LogP contribution in [0.5, 0.6) is 0 Å². The number of amides is 2. The number of fused-ring (bicyclic) bond motifs is 1. The lowest BCUT2D eigenvalue weighted by atomic mass is 9.92. The maximum atomic E-state index is 15.3. The van der Waals surface area contributed by atoms with E-state index in [0.29, 0.717) is 23.1 Å². The Morgan fingerprint density at radius 2 is 1.66 bits per heavy atom. The third kappa shape index (κ3) is 7.02. The van der Waals surface area contributed by atoms with Gasteiger partial charge in [-0.3, -0.25) is 19.4 Å². The number of hydrogen-bond donors (Lipinski definition) is 3. The largest absolute Gasteiger partial charge is 0.481 e. The van der Waals surface area contributed by atoms with Gasteiger partial charge in [-0.2, -0.15) is 0 Å². The van der Waals surface area contributed by atoms with E-state index < -0.39 is 47.9 Å². The fourth-order valence-corrected chi connectivity index (χ4v) is 5.33. The van der Waals surface area contributed by atoms with Crippen molar-refractivity contribution in [2.45, 2.75) is 52.1 Å². The van der Waals surface area contributed by atoms with Crippen LogP contribution in [-0.2, 0) is 9.59 Å². The molecule has 10 heteroatoms. The van der Waals surface area contributed by atoms with Crippen LogP contribution in [0.3, 0.4) is 0 Å². The number of aromatic nitrogens is 1. The molecule has 4 rings (SSSR count). The lowest BCUT2D eigenvalue weighted by molar-refractivity contribution is -0.137. The van der Waals surface area contributed by atoms with Gasteiger partial charge < -0.3 is 20.6 Å². The standard InChI is InChI=1S/C34H36F2N4O4/c1-6-9-27(38-33(43)24-13-8-12-21-14-23(40(4)5)18-37-32(21)24)34(44)39-28(17-29(41)42)25-15-22(16-26(35)31(25)36)30-19(2)10-7-11-20(30)3/h7-8,10-16,18,27-28H,6,9,17H2,1-5H3,(H,38,43)(H,39,44)(H,41,42)/t27-,28-/m0/s1.